The number of fused-ring (bicyclic) bond motifs is 2. The molecular weight excluding hydrogens is 450 g/mol. The van der Waals surface area contributed by atoms with Gasteiger partial charge in [-0.25, -0.2) is 4.79 Å². The van der Waals surface area contributed by atoms with Gasteiger partial charge in [0, 0.05) is 10.9 Å². The number of ether oxygens (including phenoxy) is 1. The van der Waals surface area contributed by atoms with Gasteiger partial charge in [0.05, 0.1) is 26.2 Å². The van der Waals surface area contributed by atoms with Crippen molar-refractivity contribution in [2.24, 2.45) is 0 Å². The average Bonchev–Trinajstić information content (AvgIpc) is 2.86. The van der Waals surface area contributed by atoms with Crippen LogP contribution in [0.4, 0.5) is 0 Å². The second-order valence-electron chi connectivity index (χ2n) is 11.5. The normalized spacial score (nSPS) is 15.2. The summed E-state index contributed by atoms with van der Waals surface area (Å²) in [6.07, 6.45) is 12.4. The Morgan fingerprint density at radius 2 is 1.53 bits per heavy atom. The van der Waals surface area contributed by atoms with Gasteiger partial charge in [-0.2, -0.15) is 0 Å². The first-order valence-electron chi connectivity index (χ1n) is 14.5. The van der Waals surface area contributed by atoms with E-state index >= 15 is 0 Å². The lowest BCUT2D eigenvalue weighted by Gasteiger charge is -2.35. The fourth-order valence-electron chi connectivity index (χ4n) is 5.85. The summed E-state index contributed by atoms with van der Waals surface area (Å²) in [5, 5.41) is 11.7. The molecule has 2 aromatic rings. The number of quaternary nitrogens is 1. The maximum Gasteiger partial charge on any atom is 0.339 e. The highest BCUT2D eigenvalue weighted by Gasteiger charge is 2.31. The Morgan fingerprint density at radius 1 is 0.944 bits per heavy atom. The lowest BCUT2D eigenvalue weighted by molar-refractivity contribution is -0.923. The Hall–Kier alpha value is -2.01. The molecule has 2 heterocycles. The van der Waals surface area contributed by atoms with E-state index in [-0.39, 0.29) is 22.6 Å². The summed E-state index contributed by atoms with van der Waals surface area (Å²) in [7, 11) is 0. The third-order valence-electron chi connectivity index (χ3n) is 8.78. The average molecular weight is 501 g/mol. The molecule has 1 aliphatic rings. The van der Waals surface area contributed by atoms with Crippen molar-refractivity contribution in [2.45, 2.75) is 118 Å². The Labute approximate surface area is 218 Å². The number of nitrogens with zero attached hydrogens (tertiary/aromatic N) is 1. The first kappa shape index (κ1) is 28.6. The van der Waals surface area contributed by atoms with Gasteiger partial charge in [0.15, 0.2) is 11.3 Å². The maximum atomic E-state index is 12.8. The number of hydrogen-bond donors (Lipinski definition) is 1. The maximum absolute atomic E-state index is 12.8. The van der Waals surface area contributed by atoms with E-state index in [1.165, 1.54) is 69.2 Å². The van der Waals surface area contributed by atoms with Gasteiger partial charge in [-0.3, -0.25) is 0 Å². The van der Waals surface area contributed by atoms with Gasteiger partial charge in [0.25, 0.3) is 0 Å². The zero-order valence-electron chi connectivity index (χ0n) is 23.8. The molecule has 3 rings (SSSR count). The minimum atomic E-state index is -0.336. The number of unbranched alkanes of at least 4 members (excludes halogenated alkanes) is 7. The Balaban J connectivity index is 1.47. The van der Waals surface area contributed by atoms with Crippen LogP contribution < -0.4 is 10.4 Å². The van der Waals surface area contributed by atoms with Crippen molar-refractivity contribution < 1.29 is 18.7 Å². The van der Waals surface area contributed by atoms with Gasteiger partial charge in [0.1, 0.15) is 5.60 Å². The molecule has 0 saturated heterocycles. The highest BCUT2D eigenvalue weighted by Crippen LogP contribution is 2.44. The molecule has 0 aliphatic carbocycles. The summed E-state index contributed by atoms with van der Waals surface area (Å²) in [6.45, 7) is 18.0. The molecule has 5 heteroatoms. The number of hydrogen-bond acceptors (Lipinski definition) is 4. The number of phenols is 1. The van der Waals surface area contributed by atoms with E-state index in [0.717, 1.165) is 54.2 Å². The molecule has 0 radical (unpaired) electrons. The van der Waals surface area contributed by atoms with Crippen LogP contribution >= 0.6 is 0 Å². The molecule has 1 aliphatic heterocycles. The Kier molecular flexibility index (Phi) is 9.91. The topological polar surface area (TPSA) is 59.7 Å². The predicted molar refractivity (Wildman–Crippen MR) is 149 cm³/mol. The number of benzene rings is 1. The molecule has 1 N–H and O–H groups in total. The van der Waals surface area contributed by atoms with Crippen LogP contribution in [0.5, 0.6) is 11.5 Å². The molecule has 1 aromatic heterocycles. The van der Waals surface area contributed by atoms with Crippen molar-refractivity contribution in [2.75, 3.05) is 26.2 Å². The van der Waals surface area contributed by atoms with Crippen molar-refractivity contribution >= 4 is 11.0 Å². The first-order valence-corrected chi connectivity index (χ1v) is 14.5. The molecule has 0 unspecified atom stereocenters. The van der Waals surface area contributed by atoms with Crippen molar-refractivity contribution in [1.29, 1.82) is 0 Å². The molecule has 0 atom stereocenters. The largest absolute Gasteiger partial charge is 0.502 e. The van der Waals surface area contributed by atoms with E-state index in [4.69, 9.17) is 9.15 Å². The molecular formula is C31H50NO4+. The SMILES string of the molecule is CC[N+](CC)(CC)CCCCCCCCCCc1c(C)c2cc3c(c(O)c2oc1=O)OC(C)(C)CC3. The van der Waals surface area contributed by atoms with E-state index in [1.807, 2.05) is 26.8 Å². The Morgan fingerprint density at radius 3 is 2.14 bits per heavy atom. The van der Waals surface area contributed by atoms with E-state index < -0.39 is 0 Å². The van der Waals surface area contributed by atoms with Crippen molar-refractivity contribution in [1.82, 2.24) is 0 Å². The van der Waals surface area contributed by atoms with Crippen molar-refractivity contribution in [3.05, 3.63) is 33.2 Å². The van der Waals surface area contributed by atoms with E-state index in [1.54, 1.807) is 0 Å². The summed E-state index contributed by atoms with van der Waals surface area (Å²) >= 11 is 0. The van der Waals surface area contributed by atoms with Gasteiger partial charge < -0.3 is 18.7 Å². The predicted octanol–water partition coefficient (Wildman–Crippen LogP) is 7.45. The fraction of sp³-hybridized carbons (Fsp3) is 0.710. The van der Waals surface area contributed by atoms with E-state index in [0.29, 0.717) is 5.75 Å². The third-order valence-corrected chi connectivity index (χ3v) is 8.78. The van der Waals surface area contributed by atoms with Crippen LogP contribution in [0.25, 0.3) is 11.0 Å². The molecule has 1 aromatic carbocycles. The van der Waals surface area contributed by atoms with E-state index in [9.17, 15) is 9.90 Å². The Bertz CT molecular complexity index is 1060. The molecule has 0 spiro atoms. The third kappa shape index (κ3) is 6.65. The lowest BCUT2D eigenvalue weighted by atomic mass is 9.91. The summed E-state index contributed by atoms with van der Waals surface area (Å²) in [5.41, 5.74) is 2.27. The van der Waals surface area contributed by atoms with Gasteiger partial charge in [-0.05, 0) is 97.3 Å². The van der Waals surface area contributed by atoms with Gasteiger partial charge in [-0.15, -0.1) is 0 Å². The van der Waals surface area contributed by atoms with Crippen molar-refractivity contribution in [3.63, 3.8) is 0 Å². The molecule has 0 saturated carbocycles. The van der Waals surface area contributed by atoms with Crippen LogP contribution in [0.3, 0.4) is 0 Å². The van der Waals surface area contributed by atoms with Crippen LogP contribution in [0.1, 0.15) is 109 Å². The molecule has 0 bridgehead atoms. The van der Waals surface area contributed by atoms with Gasteiger partial charge in [0.2, 0.25) is 5.75 Å². The molecule has 0 fully saturated rings. The first-order chi connectivity index (χ1) is 17.2. The highest BCUT2D eigenvalue weighted by atomic mass is 16.5. The fourth-order valence-corrected chi connectivity index (χ4v) is 5.85. The molecule has 202 valence electrons. The monoisotopic (exact) mass is 500 g/mol. The smallest absolute Gasteiger partial charge is 0.339 e. The summed E-state index contributed by atoms with van der Waals surface area (Å²) < 4.78 is 12.9. The van der Waals surface area contributed by atoms with Gasteiger partial charge >= 0.3 is 5.63 Å². The standard InChI is InChI=1S/C31H49NO4/c1-7-32(8-2,9-3)21-17-15-13-11-10-12-14-16-18-25-23(4)26-22-24-19-20-31(5,6)36-28(24)27(33)29(26)35-30(25)34/h22H,7-21H2,1-6H3/p+1. The second-order valence-corrected chi connectivity index (χ2v) is 11.5. The summed E-state index contributed by atoms with van der Waals surface area (Å²) in [5.74, 6) is 0.430. The van der Waals surface area contributed by atoms with Crippen LogP contribution in [-0.4, -0.2) is 41.4 Å². The van der Waals surface area contributed by atoms with Crippen LogP contribution in [0.2, 0.25) is 0 Å². The zero-order valence-corrected chi connectivity index (χ0v) is 23.8. The summed E-state index contributed by atoms with van der Waals surface area (Å²) in [4.78, 5) is 12.8. The minimum absolute atomic E-state index is 0.0363. The number of aryl methyl sites for hydroxylation is 2. The molecule has 5 nitrogen and oxygen atoms in total. The number of rotatable bonds is 14. The van der Waals surface area contributed by atoms with Crippen LogP contribution in [0, 0.1) is 6.92 Å². The quantitative estimate of drug-likeness (QED) is 0.166. The van der Waals surface area contributed by atoms with Gasteiger partial charge in [-0.1, -0.05) is 32.1 Å². The minimum Gasteiger partial charge on any atom is -0.502 e. The zero-order chi connectivity index (χ0) is 26.3. The summed E-state index contributed by atoms with van der Waals surface area (Å²) in [6, 6.07) is 2.05. The second kappa shape index (κ2) is 12.5. The number of phenolic OH excluding ortho intramolecular Hbond substituents is 1. The van der Waals surface area contributed by atoms with E-state index in [2.05, 4.69) is 20.8 Å². The molecule has 36 heavy (non-hydrogen) atoms. The lowest BCUT2D eigenvalue weighted by Crippen LogP contribution is -2.48. The highest BCUT2D eigenvalue weighted by molar-refractivity contribution is 5.89. The van der Waals surface area contributed by atoms with Crippen molar-refractivity contribution in [3.8, 4) is 11.5 Å². The molecule has 0 amide bonds. The van der Waals surface area contributed by atoms with Crippen LogP contribution in [0.15, 0.2) is 15.3 Å². The van der Waals surface area contributed by atoms with Crippen LogP contribution in [-0.2, 0) is 12.8 Å². The number of aromatic hydroxyl groups is 1.